The molecule has 0 aliphatic rings. The minimum absolute atomic E-state index is 0.114. The number of furan rings is 1. The van der Waals surface area contributed by atoms with Gasteiger partial charge in [0.2, 0.25) is 15.9 Å². The van der Waals surface area contributed by atoms with Crippen molar-refractivity contribution in [1.29, 1.82) is 5.26 Å². The van der Waals surface area contributed by atoms with Crippen molar-refractivity contribution in [2.45, 2.75) is 19.3 Å². The van der Waals surface area contributed by atoms with Crippen LogP contribution in [0.1, 0.15) is 29.6 Å². The minimum Gasteiger partial charge on any atom is -0.455 e. The van der Waals surface area contributed by atoms with E-state index in [1.807, 2.05) is 18.2 Å². The Morgan fingerprint density at radius 3 is 2.48 bits per heavy atom. The van der Waals surface area contributed by atoms with Gasteiger partial charge in [-0.05, 0) is 73.0 Å². The Balaban J connectivity index is 1.60. The highest BCUT2D eigenvalue weighted by molar-refractivity contribution is 7.92. The van der Waals surface area contributed by atoms with E-state index in [9.17, 15) is 17.6 Å². The molecule has 1 amide bonds. The van der Waals surface area contributed by atoms with Crippen LogP contribution >= 0.6 is 0 Å². The average molecular weight is 638 g/mol. The summed E-state index contributed by atoms with van der Waals surface area (Å²) in [5, 5.41) is 12.1. The Morgan fingerprint density at radius 2 is 1.76 bits per heavy atom. The van der Waals surface area contributed by atoms with E-state index in [1.54, 1.807) is 36.5 Å². The number of nitriles is 1. The fraction of sp³-hybridized carbons (Fsp3) is 0.176. The van der Waals surface area contributed by atoms with E-state index >= 15 is 0 Å². The van der Waals surface area contributed by atoms with Crippen molar-refractivity contribution in [3.05, 3.63) is 90.4 Å². The number of carbonyl (C=O) groups excluding carboxylic acids is 1. The summed E-state index contributed by atoms with van der Waals surface area (Å²) < 4.78 is 53.8. The van der Waals surface area contributed by atoms with Gasteiger partial charge in [0, 0.05) is 54.4 Å². The number of hydrogen-bond acceptors (Lipinski definition) is 8. The maximum Gasteiger partial charge on any atom is 0.255 e. The molecule has 3 aromatic heterocycles. The summed E-state index contributed by atoms with van der Waals surface area (Å²) in [7, 11) is -2.32. The molecule has 10 nitrogen and oxygen atoms in total. The van der Waals surface area contributed by atoms with Crippen LogP contribution in [-0.4, -0.2) is 44.1 Å². The molecule has 3 heterocycles. The number of carbonyl (C=O) groups is 1. The number of unbranched alkanes of at least 4 members (excludes halogenated alkanes) is 2. The maximum atomic E-state index is 13.8. The van der Waals surface area contributed by atoms with Crippen molar-refractivity contribution in [2.75, 3.05) is 24.2 Å². The van der Waals surface area contributed by atoms with Gasteiger partial charge in [-0.1, -0.05) is 12.1 Å². The molecule has 0 spiro atoms. The highest BCUT2D eigenvalue weighted by Crippen LogP contribution is 2.42. The molecule has 3 aromatic carbocycles. The van der Waals surface area contributed by atoms with Gasteiger partial charge in [-0.15, -0.1) is 0 Å². The van der Waals surface area contributed by atoms with E-state index in [0.29, 0.717) is 69.7 Å². The molecular weight excluding hydrogens is 609 g/mol. The van der Waals surface area contributed by atoms with Gasteiger partial charge in [-0.2, -0.15) is 10.2 Å². The zero-order valence-electron chi connectivity index (χ0n) is 25.0. The maximum absolute atomic E-state index is 13.8. The van der Waals surface area contributed by atoms with Gasteiger partial charge in [-0.25, -0.2) is 17.8 Å². The third-order valence-corrected chi connectivity index (χ3v) is 8.70. The van der Waals surface area contributed by atoms with Crippen LogP contribution in [0.5, 0.6) is 0 Å². The van der Waals surface area contributed by atoms with Gasteiger partial charge in [-0.3, -0.25) is 9.10 Å². The number of amides is 1. The summed E-state index contributed by atoms with van der Waals surface area (Å²) in [6.45, 7) is 0.114. The van der Waals surface area contributed by atoms with E-state index in [2.05, 4.69) is 21.4 Å². The number of nitrogens with one attached hydrogen (secondary N) is 1. The number of aromatic nitrogens is 2. The zero-order valence-corrected chi connectivity index (χ0v) is 25.8. The SMILES string of the molecule is CNC(=O)c1c(-c2ccc(F)cc2)oc2cc(N(CCCCC#N)S(C)(=O)=O)c(-c3cccc(-c4nc5ncccc5o4)c3)cc12. The second-order valence-corrected chi connectivity index (χ2v) is 12.5. The topological polar surface area (TPSA) is 142 Å². The van der Waals surface area contributed by atoms with Crippen molar-refractivity contribution in [3.63, 3.8) is 0 Å². The molecule has 46 heavy (non-hydrogen) atoms. The number of anilines is 1. The van der Waals surface area contributed by atoms with E-state index in [4.69, 9.17) is 14.1 Å². The fourth-order valence-corrected chi connectivity index (χ4v) is 6.33. The molecule has 0 fully saturated rings. The van der Waals surface area contributed by atoms with Gasteiger partial charge in [0.05, 0.1) is 23.6 Å². The predicted octanol–water partition coefficient (Wildman–Crippen LogP) is 6.93. The lowest BCUT2D eigenvalue weighted by Crippen LogP contribution is -2.31. The van der Waals surface area contributed by atoms with Crippen molar-refractivity contribution in [3.8, 4) is 40.0 Å². The largest absolute Gasteiger partial charge is 0.455 e. The van der Waals surface area contributed by atoms with Crippen LogP contribution < -0.4 is 9.62 Å². The number of nitrogens with zero attached hydrogens (tertiary/aromatic N) is 4. The third kappa shape index (κ3) is 5.92. The lowest BCUT2D eigenvalue weighted by atomic mass is 9.97. The quantitative estimate of drug-likeness (QED) is 0.159. The summed E-state index contributed by atoms with van der Waals surface area (Å²) in [4.78, 5) is 22.1. The third-order valence-electron chi connectivity index (χ3n) is 7.52. The summed E-state index contributed by atoms with van der Waals surface area (Å²) in [6, 6.07) is 21.8. The fourth-order valence-electron chi connectivity index (χ4n) is 5.36. The highest BCUT2D eigenvalue weighted by atomic mass is 32.2. The zero-order chi connectivity index (χ0) is 32.4. The molecule has 0 bridgehead atoms. The standard InChI is InChI=1S/C34H28FN5O5S/c1-37-33(41)30-26-19-25(22-8-6-9-23(18-22)34-39-32-28(45-34)10-7-16-38-32)27(40(46(2,42)43)17-5-3-4-15-36)20-29(26)44-31(30)21-11-13-24(35)14-12-21/h6-14,16,18-20H,3-5,17H2,1-2H3,(H,37,41). The summed E-state index contributed by atoms with van der Waals surface area (Å²) in [5.41, 5.74) is 4.02. The predicted molar refractivity (Wildman–Crippen MR) is 173 cm³/mol. The molecule has 0 saturated carbocycles. The van der Waals surface area contributed by atoms with Crippen molar-refractivity contribution in [2.24, 2.45) is 0 Å². The number of fused-ring (bicyclic) bond motifs is 2. The molecule has 0 atom stereocenters. The first-order chi connectivity index (χ1) is 22.2. The Labute approximate surface area is 264 Å². The molecule has 0 radical (unpaired) electrons. The van der Waals surface area contributed by atoms with Crippen LogP contribution in [0.25, 0.3) is 56.1 Å². The first kappa shape index (κ1) is 30.5. The van der Waals surface area contributed by atoms with Gasteiger partial charge in [0.25, 0.3) is 5.91 Å². The summed E-state index contributed by atoms with van der Waals surface area (Å²) >= 11 is 0. The van der Waals surface area contributed by atoms with Gasteiger partial charge in [0.1, 0.15) is 17.2 Å². The number of hydrogen-bond donors (Lipinski definition) is 1. The first-order valence-electron chi connectivity index (χ1n) is 14.4. The smallest absolute Gasteiger partial charge is 0.255 e. The second-order valence-electron chi connectivity index (χ2n) is 10.6. The number of benzene rings is 3. The van der Waals surface area contributed by atoms with Gasteiger partial charge < -0.3 is 14.2 Å². The van der Waals surface area contributed by atoms with Crippen molar-refractivity contribution >= 4 is 43.8 Å². The minimum atomic E-state index is -3.82. The molecule has 6 aromatic rings. The first-order valence-corrected chi connectivity index (χ1v) is 16.3. The van der Waals surface area contributed by atoms with Crippen molar-refractivity contribution in [1.82, 2.24) is 15.3 Å². The van der Waals surface area contributed by atoms with Crippen LogP contribution in [0.4, 0.5) is 10.1 Å². The lowest BCUT2D eigenvalue weighted by molar-refractivity contribution is 0.0964. The molecule has 0 aliphatic heterocycles. The molecule has 0 aliphatic carbocycles. The molecule has 12 heteroatoms. The Kier molecular flexibility index (Phi) is 8.25. The van der Waals surface area contributed by atoms with Crippen LogP contribution in [0.3, 0.4) is 0 Å². The van der Waals surface area contributed by atoms with E-state index in [-0.39, 0.29) is 23.5 Å². The van der Waals surface area contributed by atoms with Crippen LogP contribution in [0, 0.1) is 17.1 Å². The van der Waals surface area contributed by atoms with Crippen LogP contribution in [0.15, 0.2) is 87.8 Å². The van der Waals surface area contributed by atoms with Crippen molar-refractivity contribution < 1.29 is 26.4 Å². The second kappa shape index (κ2) is 12.5. The number of halogens is 1. The molecule has 0 saturated heterocycles. The number of pyridine rings is 1. The van der Waals surface area contributed by atoms with E-state index < -0.39 is 21.7 Å². The van der Waals surface area contributed by atoms with E-state index in [0.717, 1.165) is 6.26 Å². The normalized spacial score (nSPS) is 11.5. The summed E-state index contributed by atoms with van der Waals surface area (Å²) in [5.74, 6) is -0.325. The molecular formula is C34H28FN5O5S. The molecule has 6 rings (SSSR count). The number of oxazole rings is 1. The molecule has 1 N–H and O–H groups in total. The molecule has 0 unspecified atom stereocenters. The number of sulfonamides is 1. The summed E-state index contributed by atoms with van der Waals surface area (Å²) in [6.07, 6.45) is 3.99. The Morgan fingerprint density at radius 1 is 0.978 bits per heavy atom. The molecule has 232 valence electrons. The van der Waals surface area contributed by atoms with Gasteiger partial charge in [0.15, 0.2) is 11.2 Å². The monoisotopic (exact) mass is 637 g/mol. The lowest BCUT2D eigenvalue weighted by Gasteiger charge is -2.25. The number of rotatable bonds is 10. The van der Waals surface area contributed by atoms with Crippen LogP contribution in [0.2, 0.25) is 0 Å². The van der Waals surface area contributed by atoms with Gasteiger partial charge >= 0.3 is 0 Å². The van der Waals surface area contributed by atoms with Crippen LogP contribution in [-0.2, 0) is 10.0 Å². The highest BCUT2D eigenvalue weighted by Gasteiger charge is 2.27. The Hall–Kier alpha value is -5.54. The Bertz CT molecular complexity index is 2200. The van der Waals surface area contributed by atoms with E-state index in [1.165, 1.54) is 35.6 Å². The average Bonchev–Trinajstić information content (AvgIpc) is 3.65.